The first-order chi connectivity index (χ1) is 11.5. The summed E-state index contributed by atoms with van der Waals surface area (Å²) in [4.78, 5) is 12.0. The smallest absolute Gasteiger partial charge is 0.248 e. The van der Waals surface area contributed by atoms with E-state index in [0.29, 0.717) is 11.4 Å². The van der Waals surface area contributed by atoms with E-state index in [4.69, 9.17) is 9.47 Å². The van der Waals surface area contributed by atoms with E-state index in [1.165, 1.54) is 24.3 Å². The minimum atomic E-state index is -0.400. The molecule has 1 amide bonds. The normalized spacial score (nSPS) is 15.9. The van der Waals surface area contributed by atoms with Crippen molar-refractivity contribution in [3.05, 3.63) is 59.4 Å². The SMILES string of the molecule is COc1cc2c(cc1C=CC(=O)Nc1cccc(F)c1)OC(C)C2. The Kier molecular flexibility index (Phi) is 4.51. The maximum Gasteiger partial charge on any atom is 0.248 e. The van der Waals surface area contributed by atoms with Crippen molar-refractivity contribution in [3.8, 4) is 11.5 Å². The third-order valence-electron chi connectivity index (χ3n) is 3.75. The molecule has 0 aromatic heterocycles. The molecule has 4 nitrogen and oxygen atoms in total. The average Bonchev–Trinajstić information content (AvgIpc) is 2.90. The maximum atomic E-state index is 13.1. The molecular formula is C19H18FNO3. The number of carbonyl (C=O) groups is 1. The molecule has 0 spiro atoms. The van der Waals surface area contributed by atoms with Crippen molar-refractivity contribution >= 4 is 17.7 Å². The number of hydrogen-bond donors (Lipinski definition) is 1. The molecule has 0 saturated heterocycles. The van der Waals surface area contributed by atoms with Gasteiger partial charge in [-0.15, -0.1) is 0 Å². The zero-order valence-electron chi connectivity index (χ0n) is 13.5. The van der Waals surface area contributed by atoms with Gasteiger partial charge in [0.15, 0.2) is 0 Å². The van der Waals surface area contributed by atoms with Crippen molar-refractivity contribution in [1.29, 1.82) is 0 Å². The van der Waals surface area contributed by atoms with E-state index in [0.717, 1.165) is 23.3 Å². The second kappa shape index (κ2) is 6.74. The van der Waals surface area contributed by atoms with E-state index in [1.54, 1.807) is 19.3 Å². The summed E-state index contributed by atoms with van der Waals surface area (Å²) < 4.78 is 24.2. The fourth-order valence-corrected chi connectivity index (χ4v) is 2.68. The van der Waals surface area contributed by atoms with Gasteiger partial charge >= 0.3 is 0 Å². The van der Waals surface area contributed by atoms with Crippen molar-refractivity contribution < 1.29 is 18.7 Å². The first-order valence-corrected chi connectivity index (χ1v) is 7.67. The summed E-state index contributed by atoms with van der Waals surface area (Å²) in [6.07, 6.45) is 4.02. The van der Waals surface area contributed by atoms with Crippen molar-refractivity contribution in [2.45, 2.75) is 19.4 Å². The summed E-state index contributed by atoms with van der Waals surface area (Å²) in [5.41, 5.74) is 2.25. The van der Waals surface area contributed by atoms with Crippen LogP contribution < -0.4 is 14.8 Å². The molecule has 2 aromatic rings. The number of carbonyl (C=O) groups excluding carboxylic acids is 1. The van der Waals surface area contributed by atoms with Gasteiger partial charge in [-0.2, -0.15) is 0 Å². The lowest BCUT2D eigenvalue weighted by Crippen LogP contribution is -2.07. The van der Waals surface area contributed by atoms with Gasteiger partial charge in [-0.25, -0.2) is 4.39 Å². The van der Waals surface area contributed by atoms with E-state index in [2.05, 4.69) is 5.32 Å². The molecule has 1 N–H and O–H groups in total. The third-order valence-corrected chi connectivity index (χ3v) is 3.75. The van der Waals surface area contributed by atoms with Crippen LogP contribution in [0.15, 0.2) is 42.5 Å². The van der Waals surface area contributed by atoms with Crippen molar-refractivity contribution in [3.63, 3.8) is 0 Å². The molecule has 0 aliphatic carbocycles. The summed E-state index contributed by atoms with van der Waals surface area (Å²) in [5.74, 6) is 0.746. The fourth-order valence-electron chi connectivity index (χ4n) is 2.68. The Bertz CT molecular complexity index is 801. The molecule has 0 bridgehead atoms. The third kappa shape index (κ3) is 3.56. The number of anilines is 1. The quantitative estimate of drug-likeness (QED) is 0.869. The summed E-state index contributed by atoms with van der Waals surface area (Å²) in [6.45, 7) is 2.01. The molecule has 1 aliphatic rings. The van der Waals surface area contributed by atoms with Gasteiger partial charge in [0.05, 0.1) is 7.11 Å². The van der Waals surface area contributed by atoms with E-state index >= 15 is 0 Å². The number of ether oxygens (including phenoxy) is 2. The monoisotopic (exact) mass is 327 g/mol. The Morgan fingerprint density at radius 2 is 2.21 bits per heavy atom. The number of amides is 1. The van der Waals surface area contributed by atoms with Crippen LogP contribution in [0.3, 0.4) is 0 Å². The van der Waals surface area contributed by atoms with Gasteiger partial charge in [-0.1, -0.05) is 6.07 Å². The molecular weight excluding hydrogens is 309 g/mol. The number of fused-ring (bicyclic) bond motifs is 1. The van der Waals surface area contributed by atoms with E-state index < -0.39 is 5.82 Å². The second-order valence-electron chi connectivity index (χ2n) is 5.67. The van der Waals surface area contributed by atoms with Gasteiger partial charge in [0.25, 0.3) is 0 Å². The summed E-state index contributed by atoms with van der Waals surface area (Å²) in [7, 11) is 1.59. The van der Waals surface area contributed by atoms with Crippen LogP contribution in [0.5, 0.6) is 11.5 Å². The summed E-state index contributed by atoms with van der Waals surface area (Å²) in [6, 6.07) is 9.54. The van der Waals surface area contributed by atoms with E-state index in [9.17, 15) is 9.18 Å². The van der Waals surface area contributed by atoms with Crippen LogP contribution in [-0.4, -0.2) is 19.1 Å². The molecule has 0 radical (unpaired) electrons. The molecule has 5 heteroatoms. The Labute approximate surface area is 139 Å². The van der Waals surface area contributed by atoms with Crippen LogP contribution in [0, 0.1) is 5.82 Å². The van der Waals surface area contributed by atoms with Crippen LogP contribution in [0.2, 0.25) is 0 Å². The van der Waals surface area contributed by atoms with Crippen molar-refractivity contribution in [2.24, 2.45) is 0 Å². The molecule has 1 heterocycles. The number of nitrogens with one attached hydrogen (secondary N) is 1. The first kappa shape index (κ1) is 16.1. The summed E-state index contributed by atoms with van der Waals surface area (Å²) >= 11 is 0. The lowest BCUT2D eigenvalue weighted by molar-refractivity contribution is -0.111. The van der Waals surface area contributed by atoms with Crippen LogP contribution >= 0.6 is 0 Å². The molecule has 0 fully saturated rings. The van der Waals surface area contributed by atoms with Crippen LogP contribution in [0.25, 0.3) is 6.08 Å². The number of methoxy groups -OCH3 is 1. The predicted octanol–water partition coefficient (Wildman–Crippen LogP) is 3.81. The topological polar surface area (TPSA) is 47.6 Å². The molecule has 2 aromatic carbocycles. The maximum absolute atomic E-state index is 13.1. The van der Waals surface area contributed by atoms with Gasteiger partial charge in [-0.05, 0) is 43.3 Å². The minimum Gasteiger partial charge on any atom is -0.496 e. The van der Waals surface area contributed by atoms with Gasteiger partial charge in [0, 0.05) is 29.3 Å². The molecule has 124 valence electrons. The zero-order valence-corrected chi connectivity index (χ0v) is 13.5. The Hall–Kier alpha value is -2.82. The van der Waals surface area contributed by atoms with Gasteiger partial charge in [-0.3, -0.25) is 4.79 Å². The van der Waals surface area contributed by atoms with Crippen LogP contribution in [-0.2, 0) is 11.2 Å². The molecule has 1 aliphatic heterocycles. The Morgan fingerprint density at radius 1 is 1.38 bits per heavy atom. The molecule has 24 heavy (non-hydrogen) atoms. The minimum absolute atomic E-state index is 0.139. The fraction of sp³-hybridized carbons (Fsp3) is 0.211. The largest absolute Gasteiger partial charge is 0.496 e. The Morgan fingerprint density at radius 3 is 2.96 bits per heavy atom. The first-order valence-electron chi connectivity index (χ1n) is 7.67. The standard InChI is InChI=1S/C19H18FNO3/c1-12-8-14-10-17(23-2)13(9-18(14)24-12)6-7-19(22)21-16-5-3-4-15(20)11-16/h3-7,9-12H,8H2,1-2H3,(H,21,22). The zero-order chi connectivity index (χ0) is 17.1. The average molecular weight is 327 g/mol. The van der Waals surface area contributed by atoms with E-state index in [-0.39, 0.29) is 12.0 Å². The highest BCUT2D eigenvalue weighted by Gasteiger charge is 2.21. The number of rotatable bonds is 4. The van der Waals surface area contributed by atoms with Gasteiger partial charge in [0.2, 0.25) is 5.91 Å². The lowest BCUT2D eigenvalue weighted by Gasteiger charge is -2.08. The number of hydrogen-bond acceptors (Lipinski definition) is 3. The highest BCUT2D eigenvalue weighted by molar-refractivity contribution is 6.02. The molecule has 1 atom stereocenters. The van der Waals surface area contributed by atoms with Crippen molar-refractivity contribution in [1.82, 2.24) is 0 Å². The number of benzene rings is 2. The van der Waals surface area contributed by atoms with E-state index in [1.807, 2.05) is 19.1 Å². The highest BCUT2D eigenvalue weighted by atomic mass is 19.1. The highest BCUT2D eigenvalue weighted by Crippen LogP contribution is 2.35. The Balaban J connectivity index is 1.76. The number of halogens is 1. The lowest BCUT2D eigenvalue weighted by atomic mass is 10.1. The predicted molar refractivity (Wildman–Crippen MR) is 90.9 cm³/mol. The van der Waals surface area contributed by atoms with Crippen LogP contribution in [0.4, 0.5) is 10.1 Å². The van der Waals surface area contributed by atoms with Crippen LogP contribution in [0.1, 0.15) is 18.1 Å². The summed E-state index contributed by atoms with van der Waals surface area (Å²) in [5, 5.41) is 2.61. The molecule has 1 unspecified atom stereocenters. The molecule has 3 rings (SSSR count). The second-order valence-corrected chi connectivity index (χ2v) is 5.67. The van der Waals surface area contributed by atoms with Gasteiger partial charge < -0.3 is 14.8 Å². The molecule has 0 saturated carbocycles. The van der Waals surface area contributed by atoms with Gasteiger partial charge in [0.1, 0.15) is 23.4 Å². The van der Waals surface area contributed by atoms with Crippen molar-refractivity contribution in [2.75, 3.05) is 12.4 Å².